The molecule has 1 aliphatic rings. The van der Waals surface area contributed by atoms with Gasteiger partial charge in [-0.1, -0.05) is 0 Å². The van der Waals surface area contributed by atoms with Crippen LogP contribution in [0.1, 0.15) is 5.82 Å². The first kappa shape index (κ1) is 11.5. The van der Waals surface area contributed by atoms with E-state index in [9.17, 15) is 0 Å². The van der Waals surface area contributed by atoms with Crippen LogP contribution in [0.2, 0.25) is 0 Å². The summed E-state index contributed by atoms with van der Waals surface area (Å²) in [6, 6.07) is 2.06. The van der Waals surface area contributed by atoms with Gasteiger partial charge in [0.25, 0.3) is 0 Å². The van der Waals surface area contributed by atoms with Gasteiger partial charge in [0.2, 0.25) is 11.9 Å². The van der Waals surface area contributed by atoms with Crippen molar-refractivity contribution >= 4 is 11.9 Å². The van der Waals surface area contributed by atoms with Crippen LogP contribution >= 0.6 is 0 Å². The Morgan fingerprint density at radius 2 is 2.06 bits per heavy atom. The molecule has 8 nitrogen and oxygen atoms in total. The second-order valence-corrected chi connectivity index (χ2v) is 3.79. The van der Waals surface area contributed by atoms with Crippen LogP contribution in [0, 0.1) is 11.3 Å². The average molecular weight is 234 g/mol. The lowest BCUT2D eigenvalue weighted by molar-refractivity contribution is 0.185. The Balaban J connectivity index is 2.11. The maximum Gasteiger partial charge on any atom is 0.225 e. The molecule has 8 heteroatoms. The molecule has 1 aromatic rings. The Labute approximate surface area is 98.7 Å². The molecule has 1 fully saturated rings. The third-order valence-corrected chi connectivity index (χ3v) is 2.56. The maximum atomic E-state index is 9.01. The molecule has 2 heterocycles. The van der Waals surface area contributed by atoms with Gasteiger partial charge in [0.05, 0.1) is 12.6 Å². The minimum Gasteiger partial charge on any atom is -0.368 e. The van der Waals surface area contributed by atoms with Crippen LogP contribution in [0.15, 0.2) is 0 Å². The van der Waals surface area contributed by atoms with E-state index in [1.807, 2.05) is 4.90 Å². The molecule has 5 N–H and O–H groups in total. The fourth-order valence-electron chi connectivity index (χ4n) is 1.77. The number of nitrogens with one attached hydrogen (secondary N) is 1. The van der Waals surface area contributed by atoms with Gasteiger partial charge in [-0.25, -0.2) is 0 Å². The molecule has 0 radical (unpaired) electrons. The van der Waals surface area contributed by atoms with E-state index in [1.165, 1.54) is 0 Å². The molecule has 2 rings (SSSR count). The van der Waals surface area contributed by atoms with Crippen LogP contribution in [-0.4, -0.2) is 45.5 Å². The fourth-order valence-corrected chi connectivity index (χ4v) is 1.77. The Bertz CT molecular complexity index is 419. The summed E-state index contributed by atoms with van der Waals surface area (Å²) in [5, 5.41) is 12.2. The number of aromatic nitrogens is 3. The molecule has 0 amide bonds. The highest BCUT2D eigenvalue weighted by Crippen LogP contribution is 2.08. The normalized spacial score (nSPS) is 21.0. The van der Waals surface area contributed by atoms with E-state index in [2.05, 4.69) is 26.3 Å². The number of hydrogen-bond acceptors (Lipinski definition) is 8. The van der Waals surface area contributed by atoms with E-state index >= 15 is 0 Å². The Morgan fingerprint density at radius 1 is 1.35 bits per heavy atom. The number of nitrogens with two attached hydrogens (primary N) is 2. The quantitative estimate of drug-likeness (QED) is 0.554. The zero-order valence-electron chi connectivity index (χ0n) is 9.30. The van der Waals surface area contributed by atoms with Crippen LogP contribution in [-0.2, 0) is 6.54 Å². The molecule has 0 aromatic carbocycles. The van der Waals surface area contributed by atoms with Crippen molar-refractivity contribution < 1.29 is 0 Å². The standard InChI is InChI=1S/C9H14N8/c10-3-6-4-13-1-2-17(6)5-7-14-8(11)16-9(12)15-7/h6,13H,1-2,4-5H2,(H4,11,12,14,15,16). The number of rotatable bonds is 2. The number of nitrogens with zero attached hydrogens (tertiary/aromatic N) is 5. The van der Waals surface area contributed by atoms with Gasteiger partial charge in [-0.15, -0.1) is 0 Å². The van der Waals surface area contributed by atoms with E-state index < -0.39 is 0 Å². The number of piperazine rings is 1. The predicted octanol–water partition coefficient (Wildman–Crippen LogP) is -1.67. The highest BCUT2D eigenvalue weighted by Gasteiger charge is 2.22. The van der Waals surface area contributed by atoms with Crippen LogP contribution in [0.3, 0.4) is 0 Å². The van der Waals surface area contributed by atoms with Crippen molar-refractivity contribution in [3.8, 4) is 6.07 Å². The first-order chi connectivity index (χ1) is 8.19. The molecular formula is C9H14N8. The maximum absolute atomic E-state index is 9.01. The Kier molecular flexibility index (Phi) is 3.32. The van der Waals surface area contributed by atoms with Crippen molar-refractivity contribution in [1.29, 1.82) is 5.26 Å². The molecule has 1 unspecified atom stereocenters. The summed E-state index contributed by atoms with van der Waals surface area (Å²) in [6.07, 6.45) is 0. The lowest BCUT2D eigenvalue weighted by Crippen LogP contribution is -2.50. The molecule has 1 aliphatic heterocycles. The number of anilines is 2. The summed E-state index contributed by atoms with van der Waals surface area (Å²) in [6.45, 7) is 2.71. The van der Waals surface area contributed by atoms with E-state index in [4.69, 9.17) is 16.7 Å². The number of nitriles is 1. The second kappa shape index (κ2) is 4.90. The van der Waals surface area contributed by atoms with E-state index in [1.54, 1.807) is 0 Å². The Hall–Kier alpha value is -1.98. The molecule has 0 spiro atoms. The van der Waals surface area contributed by atoms with E-state index in [-0.39, 0.29) is 17.9 Å². The molecule has 0 bridgehead atoms. The van der Waals surface area contributed by atoms with Gasteiger partial charge in [-0.3, -0.25) is 4.90 Å². The summed E-state index contributed by atoms with van der Waals surface area (Å²) in [5.41, 5.74) is 11.0. The molecule has 0 aliphatic carbocycles. The van der Waals surface area contributed by atoms with Gasteiger partial charge in [-0.05, 0) is 0 Å². The lowest BCUT2D eigenvalue weighted by atomic mass is 10.2. The van der Waals surface area contributed by atoms with Crippen LogP contribution in [0.4, 0.5) is 11.9 Å². The summed E-state index contributed by atoms with van der Waals surface area (Å²) in [5.74, 6) is 0.712. The fraction of sp³-hybridized carbons (Fsp3) is 0.556. The van der Waals surface area contributed by atoms with Gasteiger partial charge in [0, 0.05) is 19.6 Å². The average Bonchev–Trinajstić information content (AvgIpc) is 2.28. The van der Waals surface area contributed by atoms with Crippen molar-refractivity contribution in [1.82, 2.24) is 25.2 Å². The monoisotopic (exact) mass is 234 g/mol. The molecule has 0 saturated carbocycles. The number of hydrogen-bond donors (Lipinski definition) is 3. The first-order valence-corrected chi connectivity index (χ1v) is 5.29. The minimum atomic E-state index is -0.178. The lowest BCUT2D eigenvalue weighted by Gasteiger charge is -2.31. The zero-order chi connectivity index (χ0) is 12.3. The first-order valence-electron chi connectivity index (χ1n) is 5.29. The van der Waals surface area contributed by atoms with Gasteiger partial charge >= 0.3 is 0 Å². The smallest absolute Gasteiger partial charge is 0.225 e. The van der Waals surface area contributed by atoms with Crippen molar-refractivity contribution in [2.75, 3.05) is 31.1 Å². The Morgan fingerprint density at radius 3 is 2.71 bits per heavy atom. The van der Waals surface area contributed by atoms with E-state index in [0.29, 0.717) is 18.9 Å². The third kappa shape index (κ3) is 2.77. The van der Waals surface area contributed by atoms with Gasteiger partial charge in [-0.2, -0.15) is 20.2 Å². The topological polar surface area (TPSA) is 130 Å². The summed E-state index contributed by atoms with van der Waals surface area (Å²) in [7, 11) is 0. The zero-order valence-corrected chi connectivity index (χ0v) is 9.30. The van der Waals surface area contributed by atoms with Gasteiger partial charge in [0.1, 0.15) is 11.9 Å². The van der Waals surface area contributed by atoms with Crippen LogP contribution < -0.4 is 16.8 Å². The molecular weight excluding hydrogens is 220 g/mol. The highest BCUT2D eigenvalue weighted by molar-refractivity contribution is 5.25. The van der Waals surface area contributed by atoms with Gasteiger partial charge < -0.3 is 16.8 Å². The highest BCUT2D eigenvalue weighted by atomic mass is 15.2. The molecule has 1 atom stereocenters. The van der Waals surface area contributed by atoms with Crippen LogP contribution in [0.5, 0.6) is 0 Å². The predicted molar refractivity (Wildman–Crippen MR) is 61.3 cm³/mol. The summed E-state index contributed by atoms with van der Waals surface area (Å²) >= 11 is 0. The summed E-state index contributed by atoms with van der Waals surface area (Å²) in [4.78, 5) is 13.7. The van der Waals surface area contributed by atoms with Crippen molar-refractivity contribution in [2.24, 2.45) is 0 Å². The number of nitrogen functional groups attached to an aromatic ring is 2. The van der Waals surface area contributed by atoms with Crippen molar-refractivity contribution in [3.05, 3.63) is 5.82 Å². The molecule has 1 saturated heterocycles. The largest absolute Gasteiger partial charge is 0.368 e. The van der Waals surface area contributed by atoms with Gasteiger partial charge in [0.15, 0.2) is 0 Å². The minimum absolute atomic E-state index is 0.108. The molecule has 1 aromatic heterocycles. The molecule has 90 valence electrons. The molecule has 17 heavy (non-hydrogen) atoms. The van der Waals surface area contributed by atoms with Crippen LogP contribution in [0.25, 0.3) is 0 Å². The SMILES string of the molecule is N#CC1CNCCN1Cc1nc(N)nc(N)n1. The second-order valence-electron chi connectivity index (χ2n) is 3.79. The van der Waals surface area contributed by atoms with Crippen molar-refractivity contribution in [2.45, 2.75) is 12.6 Å². The van der Waals surface area contributed by atoms with Crippen molar-refractivity contribution in [3.63, 3.8) is 0 Å². The van der Waals surface area contributed by atoms with E-state index in [0.717, 1.165) is 13.1 Å². The third-order valence-electron chi connectivity index (χ3n) is 2.56. The summed E-state index contributed by atoms with van der Waals surface area (Å²) < 4.78 is 0.